The Kier molecular flexibility index (Phi) is 10.2. The van der Waals surface area contributed by atoms with E-state index in [4.69, 9.17) is 15.6 Å². The van der Waals surface area contributed by atoms with Crippen molar-refractivity contribution in [3.63, 3.8) is 0 Å². The Morgan fingerprint density at radius 1 is 1.29 bits per heavy atom. The number of aromatic nitrogens is 1. The van der Waals surface area contributed by atoms with Crippen LogP contribution in [-0.2, 0) is 16.1 Å². The zero-order valence-electron chi connectivity index (χ0n) is 18.3. The van der Waals surface area contributed by atoms with Gasteiger partial charge >= 0.3 is 5.97 Å². The number of carboxylic acid groups (broad SMARTS) is 1. The number of carbonyl (C=O) groups is 3. The third-order valence-electron chi connectivity index (χ3n) is 4.52. The molecular weight excluding hydrogens is 464 g/mol. The molecule has 1 heterocycles. The Hall–Kier alpha value is -2.87. The van der Waals surface area contributed by atoms with Crippen LogP contribution in [0.1, 0.15) is 49.7 Å². The van der Waals surface area contributed by atoms with Crippen LogP contribution in [-0.4, -0.2) is 33.9 Å². The predicted molar refractivity (Wildman–Crippen MR) is 126 cm³/mol. The van der Waals surface area contributed by atoms with Crippen LogP contribution in [0.4, 0.5) is 0 Å². The number of fused-ring (bicyclic) bond motifs is 1. The number of hydrogen-bond donors (Lipinski definition) is 2. The third-order valence-corrected chi connectivity index (χ3v) is 5.16. The molecule has 31 heavy (non-hydrogen) atoms. The van der Waals surface area contributed by atoms with Gasteiger partial charge in [0, 0.05) is 16.7 Å². The number of rotatable bonds is 9. The van der Waals surface area contributed by atoms with Gasteiger partial charge in [-0.2, -0.15) is 0 Å². The molecule has 1 aromatic carbocycles. The lowest BCUT2D eigenvalue weighted by Gasteiger charge is -2.13. The number of benzene rings is 1. The minimum absolute atomic E-state index is 0.135. The average molecular weight is 493 g/mol. The van der Waals surface area contributed by atoms with Gasteiger partial charge < -0.3 is 20.1 Å². The largest absolute Gasteiger partial charge is 0.481 e. The number of hydrogen-bond acceptors (Lipinski definition) is 4. The number of allylic oxidation sites excluding steroid dienone is 3. The van der Waals surface area contributed by atoms with E-state index < -0.39 is 24.3 Å². The monoisotopic (exact) mass is 492 g/mol. The Balaban J connectivity index is 0.00000151. The van der Waals surface area contributed by atoms with Gasteiger partial charge in [-0.05, 0) is 55.3 Å². The summed E-state index contributed by atoms with van der Waals surface area (Å²) >= 11 is 3.51. The van der Waals surface area contributed by atoms with E-state index in [-0.39, 0.29) is 11.3 Å². The van der Waals surface area contributed by atoms with Crippen molar-refractivity contribution >= 4 is 44.5 Å². The standard InChI is InChI=1S/C20H23BrN2O5.C3H6/c1-4-6-12(5-2)9-23-11(3)16(19(26)20(22)27)17-14(28-10-15(24)25)8-7-13(21)18(17)23;1-3-2/h5,7-8H,4,6,9-10H2,1-3H3,(H2,22,27)(H,24,25);3H,1H2,2H3/b12-5+;. The SMILES string of the molecule is C/C=C(\CCC)Cn1c(C)c(C(=O)C(N)=O)c2c(OCC(=O)O)ccc(Br)c21.C=CC. The molecule has 0 bridgehead atoms. The van der Waals surface area contributed by atoms with E-state index in [0.717, 1.165) is 12.8 Å². The molecule has 0 aliphatic carbocycles. The number of nitrogens with two attached hydrogens (primary N) is 1. The number of carbonyl (C=O) groups excluding carboxylic acids is 2. The summed E-state index contributed by atoms with van der Waals surface area (Å²) in [6, 6.07) is 3.29. The zero-order chi connectivity index (χ0) is 23.7. The molecule has 0 aliphatic rings. The summed E-state index contributed by atoms with van der Waals surface area (Å²) in [6.45, 7) is 11.0. The highest BCUT2D eigenvalue weighted by molar-refractivity contribution is 9.10. The Morgan fingerprint density at radius 2 is 1.90 bits per heavy atom. The molecule has 1 amide bonds. The van der Waals surface area contributed by atoms with Crippen molar-refractivity contribution in [2.45, 2.75) is 47.1 Å². The topological polar surface area (TPSA) is 112 Å². The first-order valence-corrected chi connectivity index (χ1v) is 10.6. The first kappa shape index (κ1) is 26.2. The summed E-state index contributed by atoms with van der Waals surface area (Å²) in [6.07, 6.45) is 5.64. The first-order chi connectivity index (χ1) is 14.6. The van der Waals surface area contributed by atoms with Crippen LogP contribution in [0, 0.1) is 6.92 Å². The van der Waals surface area contributed by atoms with E-state index >= 15 is 0 Å². The highest BCUT2D eigenvalue weighted by Gasteiger charge is 2.27. The number of ether oxygens (including phenoxy) is 1. The maximum Gasteiger partial charge on any atom is 0.341 e. The van der Waals surface area contributed by atoms with Crippen LogP contribution in [0.3, 0.4) is 0 Å². The molecule has 1 aromatic heterocycles. The van der Waals surface area contributed by atoms with E-state index in [1.807, 2.05) is 24.5 Å². The summed E-state index contributed by atoms with van der Waals surface area (Å²) < 4.78 is 8.02. The van der Waals surface area contributed by atoms with Crippen molar-refractivity contribution in [2.75, 3.05) is 6.61 Å². The normalized spacial score (nSPS) is 10.9. The van der Waals surface area contributed by atoms with E-state index in [1.54, 1.807) is 25.1 Å². The number of Topliss-reactive ketones (excluding diaryl/α,β-unsaturated/α-hetero) is 1. The highest BCUT2D eigenvalue weighted by Crippen LogP contribution is 2.39. The smallest absolute Gasteiger partial charge is 0.341 e. The number of carboxylic acids is 1. The molecule has 2 aromatic rings. The second-order valence-corrected chi connectivity index (χ2v) is 7.65. The maximum absolute atomic E-state index is 12.6. The molecule has 0 unspecified atom stereocenters. The highest BCUT2D eigenvalue weighted by atomic mass is 79.9. The second kappa shape index (κ2) is 12.1. The molecule has 0 atom stereocenters. The molecule has 0 saturated carbocycles. The molecule has 0 fully saturated rings. The molecule has 0 aliphatic heterocycles. The van der Waals surface area contributed by atoms with Crippen LogP contribution >= 0.6 is 15.9 Å². The average Bonchev–Trinajstić information content (AvgIpc) is 3.00. The van der Waals surface area contributed by atoms with Crippen molar-refractivity contribution in [2.24, 2.45) is 5.73 Å². The lowest BCUT2D eigenvalue weighted by molar-refractivity contribution is -0.139. The lowest BCUT2D eigenvalue weighted by atomic mass is 10.1. The van der Waals surface area contributed by atoms with E-state index in [1.165, 1.54) is 5.57 Å². The number of amides is 1. The van der Waals surface area contributed by atoms with Crippen molar-refractivity contribution in [3.05, 3.63) is 52.2 Å². The van der Waals surface area contributed by atoms with Crippen LogP contribution in [0.2, 0.25) is 0 Å². The number of nitrogens with zero attached hydrogens (tertiary/aromatic N) is 1. The number of halogens is 1. The number of primary amides is 1. The molecule has 0 spiro atoms. The molecule has 0 radical (unpaired) electrons. The third kappa shape index (κ3) is 6.30. The van der Waals surface area contributed by atoms with Gasteiger partial charge in [0.2, 0.25) is 0 Å². The van der Waals surface area contributed by atoms with Crippen LogP contribution in [0.15, 0.2) is 40.9 Å². The van der Waals surface area contributed by atoms with Crippen molar-refractivity contribution < 1.29 is 24.2 Å². The molecule has 0 saturated heterocycles. The second-order valence-electron chi connectivity index (χ2n) is 6.80. The predicted octanol–water partition coefficient (Wildman–Crippen LogP) is 4.78. The van der Waals surface area contributed by atoms with Crippen molar-refractivity contribution in [1.82, 2.24) is 4.57 Å². The fraction of sp³-hybridized carbons (Fsp3) is 0.348. The maximum atomic E-state index is 12.6. The zero-order valence-corrected chi connectivity index (χ0v) is 19.9. The van der Waals surface area contributed by atoms with Crippen LogP contribution < -0.4 is 10.5 Å². The van der Waals surface area contributed by atoms with Crippen LogP contribution in [0.5, 0.6) is 5.75 Å². The van der Waals surface area contributed by atoms with Gasteiger partial charge in [0.25, 0.3) is 11.7 Å². The summed E-state index contributed by atoms with van der Waals surface area (Å²) in [5.41, 5.74) is 7.80. The van der Waals surface area contributed by atoms with Crippen molar-refractivity contribution in [1.29, 1.82) is 0 Å². The fourth-order valence-corrected chi connectivity index (χ4v) is 3.78. The summed E-state index contributed by atoms with van der Waals surface area (Å²) in [4.78, 5) is 35.2. The van der Waals surface area contributed by atoms with Crippen LogP contribution in [0.25, 0.3) is 10.9 Å². The minimum Gasteiger partial charge on any atom is -0.481 e. The number of aliphatic carboxylic acids is 1. The summed E-state index contributed by atoms with van der Waals surface area (Å²) in [5.74, 6) is -2.85. The first-order valence-electron chi connectivity index (χ1n) is 9.85. The molecule has 3 N–H and O–H groups in total. The minimum atomic E-state index is -1.14. The van der Waals surface area contributed by atoms with Gasteiger partial charge in [-0.25, -0.2) is 4.79 Å². The van der Waals surface area contributed by atoms with Gasteiger partial charge in [-0.15, -0.1) is 6.58 Å². The molecular formula is C23H29BrN2O5. The molecule has 7 nitrogen and oxygen atoms in total. The van der Waals surface area contributed by atoms with Gasteiger partial charge in [0.1, 0.15) is 5.75 Å². The quantitative estimate of drug-likeness (QED) is 0.297. The summed E-state index contributed by atoms with van der Waals surface area (Å²) in [5, 5.41) is 9.33. The fourth-order valence-electron chi connectivity index (χ4n) is 3.23. The van der Waals surface area contributed by atoms with Gasteiger partial charge in [0.15, 0.2) is 6.61 Å². The van der Waals surface area contributed by atoms with E-state index in [0.29, 0.717) is 27.6 Å². The van der Waals surface area contributed by atoms with Gasteiger partial charge in [0.05, 0.1) is 16.5 Å². The van der Waals surface area contributed by atoms with Gasteiger partial charge in [-0.3, -0.25) is 9.59 Å². The van der Waals surface area contributed by atoms with E-state index in [2.05, 4.69) is 29.4 Å². The number of ketones is 1. The molecule has 168 valence electrons. The Bertz CT molecular complexity index is 1020. The van der Waals surface area contributed by atoms with E-state index in [9.17, 15) is 14.4 Å². The summed E-state index contributed by atoms with van der Waals surface area (Å²) in [7, 11) is 0. The molecule has 2 rings (SSSR count). The van der Waals surface area contributed by atoms with Crippen molar-refractivity contribution in [3.8, 4) is 5.75 Å². The Morgan fingerprint density at radius 3 is 2.39 bits per heavy atom. The molecule has 8 heteroatoms. The lowest BCUT2D eigenvalue weighted by Crippen LogP contribution is -2.24. The Labute approximate surface area is 190 Å². The van der Waals surface area contributed by atoms with Gasteiger partial charge in [-0.1, -0.05) is 31.1 Å².